The van der Waals surface area contributed by atoms with Gasteiger partial charge in [0.15, 0.2) is 9.84 Å². The number of nitrogens with one attached hydrogen (secondary N) is 1. The van der Waals surface area contributed by atoms with Crippen molar-refractivity contribution < 1.29 is 8.42 Å². The van der Waals surface area contributed by atoms with Crippen LogP contribution in [0, 0.1) is 0 Å². The third-order valence-corrected chi connectivity index (χ3v) is 4.79. The first kappa shape index (κ1) is 16.2. The van der Waals surface area contributed by atoms with Gasteiger partial charge in [-0.05, 0) is 31.2 Å². The SMILES string of the molecule is CC(Nc1ccccc1S(C)(=O)=O)c1cn(-c2ccccc2)nn1. The predicted octanol–water partition coefficient (Wildman–Crippen LogP) is 2.84. The second kappa shape index (κ2) is 6.45. The number of sulfone groups is 1. The molecule has 124 valence electrons. The Bertz CT molecular complexity index is 936. The summed E-state index contributed by atoms with van der Waals surface area (Å²) in [6.45, 7) is 1.92. The summed E-state index contributed by atoms with van der Waals surface area (Å²) in [5.74, 6) is 0. The maximum Gasteiger partial charge on any atom is 0.177 e. The van der Waals surface area contributed by atoms with Crippen LogP contribution in [0.3, 0.4) is 0 Å². The zero-order valence-corrected chi connectivity index (χ0v) is 14.2. The van der Waals surface area contributed by atoms with Crippen LogP contribution in [-0.4, -0.2) is 29.7 Å². The van der Waals surface area contributed by atoms with E-state index < -0.39 is 9.84 Å². The van der Waals surface area contributed by atoms with Crippen LogP contribution in [-0.2, 0) is 9.84 Å². The van der Waals surface area contributed by atoms with E-state index in [1.807, 2.05) is 43.5 Å². The molecule has 0 aliphatic heterocycles. The van der Waals surface area contributed by atoms with E-state index in [0.717, 1.165) is 11.4 Å². The highest BCUT2D eigenvalue weighted by Crippen LogP contribution is 2.25. The van der Waals surface area contributed by atoms with Crippen molar-refractivity contribution in [2.75, 3.05) is 11.6 Å². The fourth-order valence-corrected chi connectivity index (χ4v) is 3.25. The molecule has 7 heteroatoms. The summed E-state index contributed by atoms with van der Waals surface area (Å²) in [6, 6.07) is 16.3. The minimum atomic E-state index is -3.30. The van der Waals surface area contributed by atoms with Crippen molar-refractivity contribution in [2.45, 2.75) is 17.9 Å². The molecule has 0 radical (unpaired) electrons. The predicted molar refractivity (Wildman–Crippen MR) is 92.9 cm³/mol. The maximum absolute atomic E-state index is 11.9. The molecule has 0 saturated heterocycles. The fraction of sp³-hybridized carbons (Fsp3) is 0.176. The Morgan fingerprint density at radius 1 is 1.04 bits per heavy atom. The van der Waals surface area contributed by atoms with E-state index in [9.17, 15) is 8.42 Å². The Morgan fingerprint density at radius 2 is 1.71 bits per heavy atom. The molecule has 1 N–H and O–H groups in total. The second-order valence-electron chi connectivity index (χ2n) is 5.56. The molecule has 1 atom stereocenters. The Hall–Kier alpha value is -2.67. The van der Waals surface area contributed by atoms with Crippen molar-refractivity contribution in [1.82, 2.24) is 15.0 Å². The van der Waals surface area contributed by atoms with Crippen molar-refractivity contribution in [2.24, 2.45) is 0 Å². The minimum Gasteiger partial charge on any atom is -0.376 e. The van der Waals surface area contributed by atoms with Gasteiger partial charge in [-0.2, -0.15) is 0 Å². The molecule has 0 bridgehead atoms. The molecule has 3 aromatic rings. The molecule has 0 fully saturated rings. The van der Waals surface area contributed by atoms with Crippen LogP contribution >= 0.6 is 0 Å². The molecule has 1 heterocycles. The highest BCUT2D eigenvalue weighted by molar-refractivity contribution is 7.90. The second-order valence-corrected chi connectivity index (χ2v) is 7.54. The van der Waals surface area contributed by atoms with Crippen molar-refractivity contribution in [3.8, 4) is 5.69 Å². The molecule has 6 nitrogen and oxygen atoms in total. The van der Waals surface area contributed by atoms with Crippen LogP contribution in [0.15, 0.2) is 65.7 Å². The van der Waals surface area contributed by atoms with E-state index in [1.165, 1.54) is 6.26 Å². The molecule has 0 aliphatic rings. The van der Waals surface area contributed by atoms with E-state index in [2.05, 4.69) is 15.6 Å². The summed E-state index contributed by atoms with van der Waals surface area (Å²) in [5, 5.41) is 11.5. The van der Waals surface area contributed by atoms with Gasteiger partial charge in [0.05, 0.1) is 28.5 Å². The summed E-state index contributed by atoms with van der Waals surface area (Å²) in [5.41, 5.74) is 2.20. The Kier molecular flexibility index (Phi) is 4.35. The molecule has 0 spiro atoms. The molecule has 0 amide bonds. The van der Waals surface area contributed by atoms with Gasteiger partial charge in [0.25, 0.3) is 0 Å². The lowest BCUT2D eigenvalue weighted by atomic mass is 10.2. The fourth-order valence-electron chi connectivity index (χ4n) is 2.40. The summed E-state index contributed by atoms with van der Waals surface area (Å²) in [6.07, 6.45) is 3.03. The van der Waals surface area contributed by atoms with Gasteiger partial charge in [-0.25, -0.2) is 13.1 Å². The summed E-state index contributed by atoms with van der Waals surface area (Å²) in [7, 11) is -3.30. The summed E-state index contributed by atoms with van der Waals surface area (Å²) >= 11 is 0. The van der Waals surface area contributed by atoms with E-state index >= 15 is 0 Å². The van der Waals surface area contributed by atoms with Crippen LogP contribution in [0.4, 0.5) is 5.69 Å². The molecule has 1 unspecified atom stereocenters. The molecular weight excluding hydrogens is 324 g/mol. The smallest absolute Gasteiger partial charge is 0.177 e. The molecule has 3 rings (SSSR count). The lowest BCUT2D eigenvalue weighted by Crippen LogP contribution is -2.10. The average molecular weight is 342 g/mol. The number of para-hydroxylation sites is 2. The number of nitrogens with zero attached hydrogens (tertiary/aromatic N) is 3. The highest BCUT2D eigenvalue weighted by Gasteiger charge is 2.16. The maximum atomic E-state index is 11.9. The molecule has 0 aliphatic carbocycles. The van der Waals surface area contributed by atoms with E-state index in [0.29, 0.717) is 5.69 Å². The number of rotatable bonds is 5. The van der Waals surface area contributed by atoms with Gasteiger partial charge in [0.2, 0.25) is 0 Å². The van der Waals surface area contributed by atoms with Crippen LogP contribution in [0.25, 0.3) is 5.69 Å². The van der Waals surface area contributed by atoms with Crippen LogP contribution in [0.1, 0.15) is 18.7 Å². The summed E-state index contributed by atoms with van der Waals surface area (Å²) < 4.78 is 25.5. The molecule has 2 aromatic carbocycles. The standard InChI is InChI=1S/C17H18N4O2S/c1-13(18-15-10-6-7-11-17(15)24(2,22)23)16-12-21(20-19-16)14-8-4-3-5-9-14/h3-13,18H,1-2H3. The van der Waals surface area contributed by atoms with E-state index in [4.69, 9.17) is 0 Å². The Balaban J connectivity index is 1.84. The normalized spacial score (nSPS) is 12.8. The van der Waals surface area contributed by atoms with Crippen molar-refractivity contribution in [1.29, 1.82) is 0 Å². The molecular formula is C17H18N4O2S. The topological polar surface area (TPSA) is 76.9 Å². The van der Waals surface area contributed by atoms with E-state index in [1.54, 1.807) is 28.9 Å². The van der Waals surface area contributed by atoms with Gasteiger partial charge in [-0.1, -0.05) is 35.5 Å². The van der Waals surface area contributed by atoms with Crippen LogP contribution < -0.4 is 5.32 Å². The number of hydrogen-bond donors (Lipinski definition) is 1. The first-order valence-corrected chi connectivity index (χ1v) is 9.37. The van der Waals surface area contributed by atoms with Gasteiger partial charge >= 0.3 is 0 Å². The Labute approximate surface area is 141 Å². The first-order valence-electron chi connectivity index (χ1n) is 7.48. The van der Waals surface area contributed by atoms with Gasteiger partial charge in [-0.3, -0.25) is 0 Å². The monoisotopic (exact) mass is 342 g/mol. The Morgan fingerprint density at radius 3 is 2.42 bits per heavy atom. The van der Waals surface area contributed by atoms with E-state index in [-0.39, 0.29) is 10.9 Å². The highest BCUT2D eigenvalue weighted by atomic mass is 32.2. The largest absolute Gasteiger partial charge is 0.376 e. The third kappa shape index (κ3) is 3.46. The van der Waals surface area contributed by atoms with Crippen molar-refractivity contribution in [3.63, 3.8) is 0 Å². The van der Waals surface area contributed by atoms with Crippen molar-refractivity contribution >= 4 is 15.5 Å². The van der Waals surface area contributed by atoms with Crippen LogP contribution in [0.5, 0.6) is 0 Å². The molecule has 0 saturated carbocycles. The lowest BCUT2D eigenvalue weighted by Gasteiger charge is -2.15. The number of anilines is 1. The lowest BCUT2D eigenvalue weighted by molar-refractivity contribution is 0.602. The molecule has 1 aromatic heterocycles. The first-order chi connectivity index (χ1) is 11.4. The van der Waals surface area contributed by atoms with Gasteiger partial charge in [0, 0.05) is 6.26 Å². The third-order valence-electron chi connectivity index (χ3n) is 3.63. The zero-order chi connectivity index (χ0) is 17.2. The minimum absolute atomic E-state index is 0.189. The van der Waals surface area contributed by atoms with Gasteiger partial charge in [-0.15, -0.1) is 5.10 Å². The zero-order valence-electron chi connectivity index (χ0n) is 13.4. The number of hydrogen-bond acceptors (Lipinski definition) is 5. The van der Waals surface area contributed by atoms with Crippen LogP contribution in [0.2, 0.25) is 0 Å². The average Bonchev–Trinajstić information content (AvgIpc) is 3.05. The summed E-state index contributed by atoms with van der Waals surface area (Å²) in [4.78, 5) is 0.271. The van der Waals surface area contributed by atoms with Gasteiger partial charge < -0.3 is 5.32 Å². The number of aromatic nitrogens is 3. The quantitative estimate of drug-likeness (QED) is 0.771. The number of benzene rings is 2. The van der Waals surface area contributed by atoms with Crippen molar-refractivity contribution in [3.05, 3.63) is 66.5 Å². The van der Waals surface area contributed by atoms with Gasteiger partial charge in [0.1, 0.15) is 5.69 Å². The molecule has 24 heavy (non-hydrogen) atoms.